The summed E-state index contributed by atoms with van der Waals surface area (Å²) in [6.07, 6.45) is 2.30. The summed E-state index contributed by atoms with van der Waals surface area (Å²) in [6, 6.07) is 12.4. The van der Waals surface area contributed by atoms with Crippen LogP contribution in [0.4, 0.5) is 0 Å². The molecule has 1 amide bonds. The van der Waals surface area contributed by atoms with Crippen molar-refractivity contribution in [1.29, 1.82) is 0 Å². The molecule has 1 aromatic heterocycles. The van der Waals surface area contributed by atoms with E-state index in [1.54, 1.807) is 7.11 Å². The Balaban J connectivity index is 0.00000192. The summed E-state index contributed by atoms with van der Waals surface area (Å²) in [6.45, 7) is 1.71. The van der Waals surface area contributed by atoms with Gasteiger partial charge in [-0.3, -0.25) is 4.79 Å². The second-order valence-corrected chi connectivity index (χ2v) is 6.43. The Labute approximate surface area is 146 Å². The van der Waals surface area contributed by atoms with Gasteiger partial charge >= 0.3 is 0 Å². The van der Waals surface area contributed by atoms with Gasteiger partial charge in [-0.15, -0.1) is 23.7 Å². The first-order valence-corrected chi connectivity index (χ1v) is 8.34. The summed E-state index contributed by atoms with van der Waals surface area (Å²) < 4.78 is 5.37. The van der Waals surface area contributed by atoms with Gasteiger partial charge in [-0.25, -0.2) is 0 Å². The van der Waals surface area contributed by atoms with Crippen molar-refractivity contribution in [2.24, 2.45) is 0 Å². The van der Waals surface area contributed by atoms with Crippen LogP contribution in [0.1, 0.15) is 22.5 Å². The molecule has 3 rings (SSSR count). The Morgan fingerprint density at radius 2 is 2.17 bits per heavy atom. The van der Waals surface area contributed by atoms with E-state index in [1.807, 2.05) is 36.4 Å². The molecule has 1 atom stereocenters. The third kappa shape index (κ3) is 4.25. The molecule has 1 aromatic carbocycles. The molecule has 6 heteroatoms. The molecule has 124 valence electrons. The normalized spacial score (nSPS) is 16.7. The number of hydrogen-bond acceptors (Lipinski definition) is 4. The monoisotopic (exact) mass is 352 g/mol. The largest absolute Gasteiger partial charge is 0.495 e. The molecule has 23 heavy (non-hydrogen) atoms. The molecular weight excluding hydrogens is 332 g/mol. The molecule has 1 saturated heterocycles. The lowest BCUT2D eigenvalue weighted by molar-refractivity contribution is 0.0951. The van der Waals surface area contributed by atoms with Crippen molar-refractivity contribution in [2.75, 3.05) is 20.2 Å². The summed E-state index contributed by atoms with van der Waals surface area (Å²) in [5.41, 5.74) is 1.10. The number of carbonyl (C=O) groups is 1. The van der Waals surface area contributed by atoms with E-state index in [9.17, 15) is 4.79 Å². The van der Waals surface area contributed by atoms with Crippen LogP contribution >= 0.6 is 23.7 Å². The number of halogens is 1. The lowest BCUT2D eigenvalue weighted by Crippen LogP contribution is -2.36. The van der Waals surface area contributed by atoms with E-state index in [2.05, 4.69) is 10.6 Å². The zero-order valence-corrected chi connectivity index (χ0v) is 14.6. The minimum Gasteiger partial charge on any atom is -0.495 e. The van der Waals surface area contributed by atoms with Gasteiger partial charge in [0.1, 0.15) is 10.6 Å². The highest BCUT2D eigenvalue weighted by Crippen LogP contribution is 2.36. The van der Waals surface area contributed by atoms with Crippen molar-refractivity contribution in [2.45, 2.75) is 18.9 Å². The van der Waals surface area contributed by atoms with Gasteiger partial charge < -0.3 is 15.4 Å². The number of methoxy groups -OCH3 is 1. The van der Waals surface area contributed by atoms with Crippen LogP contribution in [0.15, 0.2) is 36.4 Å². The smallest absolute Gasteiger partial charge is 0.265 e. The minimum absolute atomic E-state index is 0. The van der Waals surface area contributed by atoms with Crippen molar-refractivity contribution in [1.82, 2.24) is 10.6 Å². The molecule has 0 spiro atoms. The van der Waals surface area contributed by atoms with Gasteiger partial charge in [0.25, 0.3) is 5.91 Å². The molecule has 0 bridgehead atoms. The third-order valence-electron chi connectivity index (χ3n) is 3.85. The van der Waals surface area contributed by atoms with Crippen LogP contribution < -0.4 is 15.4 Å². The van der Waals surface area contributed by atoms with Gasteiger partial charge in [0, 0.05) is 17.5 Å². The second-order valence-electron chi connectivity index (χ2n) is 5.38. The van der Waals surface area contributed by atoms with Crippen molar-refractivity contribution >= 4 is 29.7 Å². The number of nitrogens with one attached hydrogen (secondary N) is 2. The van der Waals surface area contributed by atoms with E-state index in [0.717, 1.165) is 23.4 Å². The molecule has 0 saturated carbocycles. The molecule has 1 aliphatic heterocycles. The van der Waals surface area contributed by atoms with Gasteiger partial charge in [0.2, 0.25) is 0 Å². The number of amides is 1. The Kier molecular flexibility index (Phi) is 6.45. The van der Waals surface area contributed by atoms with E-state index < -0.39 is 0 Å². The summed E-state index contributed by atoms with van der Waals surface area (Å²) in [4.78, 5) is 14.1. The van der Waals surface area contributed by atoms with Crippen molar-refractivity contribution in [3.05, 3.63) is 41.3 Å². The van der Waals surface area contributed by atoms with Crippen molar-refractivity contribution in [3.8, 4) is 16.2 Å². The number of ether oxygens (including phenoxy) is 1. The summed E-state index contributed by atoms with van der Waals surface area (Å²) in [7, 11) is 1.60. The average Bonchev–Trinajstić information content (AvgIpc) is 3.22. The first-order valence-electron chi connectivity index (χ1n) is 7.53. The van der Waals surface area contributed by atoms with Gasteiger partial charge in [-0.05, 0) is 31.0 Å². The molecule has 1 unspecified atom stereocenters. The molecular formula is C17H21ClN2O2S. The predicted octanol–water partition coefficient (Wildman–Crippen LogP) is 3.33. The van der Waals surface area contributed by atoms with E-state index in [1.165, 1.54) is 17.8 Å². The van der Waals surface area contributed by atoms with Crippen LogP contribution in [-0.4, -0.2) is 32.1 Å². The number of benzene rings is 1. The number of hydrogen-bond donors (Lipinski definition) is 2. The molecule has 1 aliphatic rings. The predicted molar refractivity (Wildman–Crippen MR) is 96.9 cm³/mol. The van der Waals surface area contributed by atoms with E-state index in [0.29, 0.717) is 23.2 Å². The first kappa shape index (κ1) is 17.8. The fourth-order valence-electron chi connectivity index (χ4n) is 2.66. The number of rotatable bonds is 5. The van der Waals surface area contributed by atoms with Crippen LogP contribution in [0.5, 0.6) is 5.75 Å². The van der Waals surface area contributed by atoms with Gasteiger partial charge in [0.15, 0.2) is 0 Å². The molecule has 2 N–H and O–H groups in total. The SMILES string of the molecule is COc1cc(-c2ccccc2)sc1C(=O)NCC1CCCN1.Cl. The fraction of sp³-hybridized carbons (Fsp3) is 0.353. The topological polar surface area (TPSA) is 50.4 Å². The maximum atomic E-state index is 12.4. The van der Waals surface area contributed by atoms with Gasteiger partial charge in [0.05, 0.1) is 7.11 Å². The van der Waals surface area contributed by atoms with Crippen LogP contribution in [-0.2, 0) is 0 Å². The van der Waals surface area contributed by atoms with Gasteiger partial charge in [-0.2, -0.15) is 0 Å². The summed E-state index contributed by atoms with van der Waals surface area (Å²) >= 11 is 1.47. The highest BCUT2D eigenvalue weighted by Gasteiger charge is 2.20. The molecule has 0 aliphatic carbocycles. The highest BCUT2D eigenvalue weighted by molar-refractivity contribution is 7.17. The van der Waals surface area contributed by atoms with E-state index in [4.69, 9.17) is 4.74 Å². The van der Waals surface area contributed by atoms with E-state index >= 15 is 0 Å². The maximum Gasteiger partial charge on any atom is 0.265 e. The van der Waals surface area contributed by atoms with Crippen LogP contribution in [0.2, 0.25) is 0 Å². The van der Waals surface area contributed by atoms with Crippen molar-refractivity contribution < 1.29 is 9.53 Å². The molecule has 2 heterocycles. The standard InChI is InChI=1S/C17H20N2O2S.ClH/c1-21-14-10-15(12-6-3-2-4-7-12)22-16(14)17(20)19-11-13-8-5-9-18-13;/h2-4,6-7,10,13,18H,5,8-9,11H2,1H3,(H,19,20);1H. The fourth-order valence-corrected chi connectivity index (χ4v) is 3.70. The molecule has 0 radical (unpaired) electrons. The second kappa shape index (κ2) is 8.34. The molecule has 1 fully saturated rings. The van der Waals surface area contributed by atoms with Crippen LogP contribution in [0, 0.1) is 0 Å². The Morgan fingerprint density at radius 3 is 2.83 bits per heavy atom. The Bertz CT molecular complexity index is 639. The first-order chi connectivity index (χ1) is 10.8. The van der Waals surface area contributed by atoms with Crippen molar-refractivity contribution in [3.63, 3.8) is 0 Å². The zero-order valence-electron chi connectivity index (χ0n) is 13.0. The van der Waals surface area contributed by atoms with Crippen LogP contribution in [0.25, 0.3) is 10.4 Å². The quantitative estimate of drug-likeness (QED) is 0.867. The Hall–Kier alpha value is -1.56. The molecule has 2 aromatic rings. The number of thiophene rings is 1. The van der Waals surface area contributed by atoms with Crippen LogP contribution in [0.3, 0.4) is 0 Å². The third-order valence-corrected chi connectivity index (χ3v) is 5.02. The summed E-state index contributed by atoms with van der Waals surface area (Å²) in [5, 5.41) is 6.39. The Morgan fingerprint density at radius 1 is 1.39 bits per heavy atom. The average molecular weight is 353 g/mol. The number of carbonyl (C=O) groups excluding carboxylic acids is 1. The zero-order chi connectivity index (χ0) is 15.4. The lowest BCUT2D eigenvalue weighted by atomic mass is 10.2. The van der Waals surface area contributed by atoms with E-state index in [-0.39, 0.29) is 18.3 Å². The van der Waals surface area contributed by atoms with Gasteiger partial charge in [-0.1, -0.05) is 30.3 Å². The lowest BCUT2D eigenvalue weighted by Gasteiger charge is -2.11. The maximum absolute atomic E-state index is 12.4. The highest BCUT2D eigenvalue weighted by atomic mass is 35.5. The molecule has 4 nitrogen and oxygen atoms in total. The summed E-state index contributed by atoms with van der Waals surface area (Å²) in [5.74, 6) is 0.582. The minimum atomic E-state index is -0.0577.